The molecule has 0 aliphatic carbocycles. The number of amides is 1. The van der Waals surface area contributed by atoms with Gasteiger partial charge in [0.2, 0.25) is 6.79 Å². The Morgan fingerprint density at radius 3 is 2.83 bits per heavy atom. The van der Waals surface area contributed by atoms with Crippen LogP contribution in [0.1, 0.15) is 10.4 Å². The molecule has 1 heterocycles. The van der Waals surface area contributed by atoms with Crippen molar-refractivity contribution in [1.29, 1.82) is 0 Å². The quantitative estimate of drug-likeness (QED) is 0.699. The van der Waals surface area contributed by atoms with Gasteiger partial charge in [-0.15, -0.1) is 11.6 Å². The molecular formula is C17H17ClN2O4. The van der Waals surface area contributed by atoms with Crippen molar-refractivity contribution in [2.75, 3.05) is 29.9 Å². The van der Waals surface area contributed by atoms with Gasteiger partial charge in [0, 0.05) is 29.5 Å². The number of aliphatic hydroxyl groups excluding tert-OH is 1. The maximum atomic E-state index is 12.4. The smallest absolute Gasteiger partial charge is 0.255 e. The van der Waals surface area contributed by atoms with Gasteiger partial charge < -0.3 is 25.2 Å². The number of anilines is 2. The molecule has 1 amide bonds. The molecule has 1 unspecified atom stereocenters. The van der Waals surface area contributed by atoms with Crippen LogP contribution in [0.15, 0.2) is 42.5 Å². The maximum Gasteiger partial charge on any atom is 0.255 e. The fraction of sp³-hybridized carbons (Fsp3) is 0.235. The fourth-order valence-electron chi connectivity index (χ4n) is 2.24. The van der Waals surface area contributed by atoms with Crippen molar-refractivity contribution < 1.29 is 19.4 Å². The molecule has 2 aromatic rings. The number of halogens is 1. The summed E-state index contributed by atoms with van der Waals surface area (Å²) in [7, 11) is 0. The Hall–Kier alpha value is -2.44. The minimum atomic E-state index is -0.641. The van der Waals surface area contributed by atoms with Crippen LogP contribution in [-0.4, -0.2) is 36.3 Å². The zero-order chi connectivity index (χ0) is 16.9. The van der Waals surface area contributed by atoms with Gasteiger partial charge in [0.15, 0.2) is 11.5 Å². The number of rotatable bonds is 6. The largest absolute Gasteiger partial charge is 0.454 e. The minimum Gasteiger partial charge on any atom is -0.454 e. The molecule has 3 N–H and O–H groups in total. The first kappa shape index (κ1) is 16.4. The lowest BCUT2D eigenvalue weighted by atomic mass is 10.1. The highest BCUT2D eigenvalue weighted by molar-refractivity contribution is 6.18. The van der Waals surface area contributed by atoms with E-state index in [0.29, 0.717) is 29.3 Å². The van der Waals surface area contributed by atoms with E-state index in [0.717, 1.165) is 5.69 Å². The van der Waals surface area contributed by atoms with Gasteiger partial charge >= 0.3 is 0 Å². The summed E-state index contributed by atoms with van der Waals surface area (Å²) in [6.45, 7) is 0.505. The molecule has 6 nitrogen and oxygen atoms in total. The number of alkyl halides is 1. The Kier molecular flexibility index (Phi) is 5.08. The first-order valence-corrected chi connectivity index (χ1v) is 7.98. The number of ether oxygens (including phenoxy) is 2. The Balaban J connectivity index is 1.66. The molecule has 24 heavy (non-hydrogen) atoms. The molecule has 1 atom stereocenters. The number of carbonyl (C=O) groups is 1. The van der Waals surface area contributed by atoms with Crippen molar-refractivity contribution in [3.8, 4) is 11.5 Å². The van der Waals surface area contributed by atoms with Crippen LogP contribution < -0.4 is 20.1 Å². The van der Waals surface area contributed by atoms with Gasteiger partial charge in [-0.2, -0.15) is 0 Å². The lowest BCUT2D eigenvalue weighted by molar-refractivity contribution is 0.102. The van der Waals surface area contributed by atoms with E-state index in [1.54, 1.807) is 36.4 Å². The van der Waals surface area contributed by atoms with E-state index in [1.807, 2.05) is 6.07 Å². The third kappa shape index (κ3) is 3.90. The fourth-order valence-corrected chi connectivity index (χ4v) is 2.35. The molecule has 126 valence electrons. The highest BCUT2D eigenvalue weighted by atomic mass is 35.5. The summed E-state index contributed by atoms with van der Waals surface area (Å²) in [6, 6.07) is 12.2. The number of hydrogen-bond acceptors (Lipinski definition) is 5. The van der Waals surface area contributed by atoms with Gasteiger partial charge in [-0.25, -0.2) is 0 Å². The van der Waals surface area contributed by atoms with E-state index in [2.05, 4.69) is 10.6 Å². The SMILES string of the molecule is O=C(Nc1ccc2c(c1)OCO2)c1cccc(NCC(O)CCl)c1. The average molecular weight is 349 g/mol. The molecule has 0 bridgehead atoms. The molecule has 1 aliphatic rings. The van der Waals surface area contributed by atoms with E-state index in [1.165, 1.54) is 0 Å². The summed E-state index contributed by atoms with van der Waals surface area (Å²) in [6.07, 6.45) is -0.641. The van der Waals surface area contributed by atoms with Crippen molar-refractivity contribution in [2.45, 2.75) is 6.10 Å². The van der Waals surface area contributed by atoms with Gasteiger partial charge in [-0.05, 0) is 30.3 Å². The van der Waals surface area contributed by atoms with Gasteiger partial charge in [0.05, 0.1) is 12.0 Å². The van der Waals surface area contributed by atoms with Crippen LogP contribution in [0.25, 0.3) is 0 Å². The Morgan fingerprint density at radius 2 is 2.00 bits per heavy atom. The lowest BCUT2D eigenvalue weighted by Gasteiger charge is -2.11. The van der Waals surface area contributed by atoms with Crippen molar-refractivity contribution in [3.05, 3.63) is 48.0 Å². The number of benzene rings is 2. The van der Waals surface area contributed by atoms with E-state index in [4.69, 9.17) is 21.1 Å². The maximum absolute atomic E-state index is 12.4. The molecule has 0 saturated heterocycles. The molecule has 0 radical (unpaired) electrons. The second kappa shape index (κ2) is 7.42. The van der Waals surface area contributed by atoms with Crippen LogP contribution in [0.3, 0.4) is 0 Å². The highest BCUT2D eigenvalue weighted by Crippen LogP contribution is 2.34. The van der Waals surface area contributed by atoms with Crippen molar-refractivity contribution in [3.63, 3.8) is 0 Å². The standard InChI is InChI=1S/C17H17ClN2O4/c18-8-14(21)9-19-12-3-1-2-11(6-12)17(22)20-13-4-5-15-16(7-13)24-10-23-15/h1-7,14,19,21H,8-10H2,(H,20,22). The normalized spacial score (nSPS) is 13.4. The summed E-state index contributed by atoms with van der Waals surface area (Å²) in [5.41, 5.74) is 1.86. The summed E-state index contributed by atoms with van der Waals surface area (Å²) < 4.78 is 10.5. The topological polar surface area (TPSA) is 79.8 Å². The average Bonchev–Trinajstić information content (AvgIpc) is 3.07. The highest BCUT2D eigenvalue weighted by Gasteiger charge is 2.15. The third-order valence-electron chi connectivity index (χ3n) is 3.48. The summed E-state index contributed by atoms with van der Waals surface area (Å²) >= 11 is 5.56. The van der Waals surface area contributed by atoms with E-state index >= 15 is 0 Å². The molecule has 3 rings (SSSR count). The van der Waals surface area contributed by atoms with E-state index < -0.39 is 6.10 Å². The monoisotopic (exact) mass is 348 g/mol. The molecule has 0 fully saturated rings. The summed E-state index contributed by atoms with van der Waals surface area (Å²) in [4.78, 5) is 12.4. The van der Waals surface area contributed by atoms with Crippen LogP contribution in [-0.2, 0) is 0 Å². The van der Waals surface area contributed by atoms with Crippen LogP contribution in [0.5, 0.6) is 11.5 Å². The zero-order valence-corrected chi connectivity index (χ0v) is 13.5. The molecular weight excluding hydrogens is 332 g/mol. The number of nitrogens with one attached hydrogen (secondary N) is 2. The lowest BCUT2D eigenvalue weighted by Crippen LogP contribution is -2.21. The molecule has 0 saturated carbocycles. The van der Waals surface area contributed by atoms with Crippen LogP contribution in [0, 0.1) is 0 Å². The van der Waals surface area contributed by atoms with Crippen molar-refractivity contribution in [2.24, 2.45) is 0 Å². The molecule has 2 aromatic carbocycles. The number of aliphatic hydroxyl groups is 1. The van der Waals surface area contributed by atoms with Crippen molar-refractivity contribution >= 4 is 28.9 Å². The Morgan fingerprint density at radius 1 is 1.17 bits per heavy atom. The Labute approximate surface area is 144 Å². The predicted molar refractivity (Wildman–Crippen MR) is 92.2 cm³/mol. The van der Waals surface area contributed by atoms with Gasteiger partial charge in [0.25, 0.3) is 5.91 Å². The van der Waals surface area contributed by atoms with Gasteiger partial charge in [-0.3, -0.25) is 4.79 Å². The molecule has 0 aromatic heterocycles. The zero-order valence-electron chi connectivity index (χ0n) is 12.8. The van der Waals surface area contributed by atoms with E-state index in [-0.39, 0.29) is 18.6 Å². The summed E-state index contributed by atoms with van der Waals surface area (Å²) in [5, 5.41) is 15.3. The van der Waals surface area contributed by atoms with E-state index in [9.17, 15) is 9.90 Å². The number of carbonyl (C=O) groups excluding carboxylic acids is 1. The number of hydrogen-bond donors (Lipinski definition) is 3. The van der Waals surface area contributed by atoms with Gasteiger partial charge in [0.1, 0.15) is 0 Å². The second-order valence-electron chi connectivity index (χ2n) is 5.29. The molecule has 0 spiro atoms. The molecule has 1 aliphatic heterocycles. The van der Waals surface area contributed by atoms with Gasteiger partial charge in [-0.1, -0.05) is 6.07 Å². The van der Waals surface area contributed by atoms with Crippen LogP contribution in [0.4, 0.5) is 11.4 Å². The van der Waals surface area contributed by atoms with Crippen molar-refractivity contribution in [1.82, 2.24) is 0 Å². The third-order valence-corrected chi connectivity index (χ3v) is 3.83. The van der Waals surface area contributed by atoms with Crippen LogP contribution >= 0.6 is 11.6 Å². The second-order valence-corrected chi connectivity index (χ2v) is 5.60. The predicted octanol–water partition coefficient (Wildman–Crippen LogP) is 2.68. The first-order chi connectivity index (χ1) is 11.7. The minimum absolute atomic E-state index is 0.150. The van der Waals surface area contributed by atoms with Crippen LogP contribution in [0.2, 0.25) is 0 Å². The first-order valence-electron chi connectivity index (χ1n) is 7.44. The Bertz CT molecular complexity index is 738. The number of fused-ring (bicyclic) bond motifs is 1. The summed E-state index contributed by atoms with van der Waals surface area (Å²) in [5.74, 6) is 1.18. The molecule has 7 heteroatoms.